The molecular formula is C22H41NO. The lowest BCUT2D eigenvalue weighted by atomic mass is 10.0. The predicted octanol–water partition coefficient (Wildman–Crippen LogP) is 7.23. The number of ether oxygens (including phenoxy) is 1. The van der Waals surface area contributed by atoms with Crippen LogP contribution in [0.5, 0.6) is 0 Å². The molecule has 0 aromatic carbocycles. The molecule has 0 fully saturated rings. The number of rotatable bonds is 15. The zero-order chi connectivity index (χ0) is 17.5. The van der Waals surface area contributed by atoms with E-state index < -0.39 is 0 Å². The van der Waals surface area contributed by atoms with E-state index in [0.717, 1.165) is 18.9 Å². The van der Waals surface area contributed by atoms with E-state index >= 15 is 0 Å². The van der Waals surface area contributed by atoms with Crippen molar-refractivity contribution < 1.29 is 4.74 Å². The van der Waals surface area contributed by atoms with Gasteiger partial charge in [0.1, 0.15) is 6.61 Å². The van der Waals surface area contributed by atoms with E-state index in [-0.39, 0.29) is 5.54 Å². The summed E-state index contributed by atoms with van der Waals surface area (Å²) in [5.41, 5.74) is 0.0154. The molecule has 0 aromatic heterocycles. The Morgan fingerprint density at radius 3 is 1.88 bits per heavy atom. The fourth-order valence-corrected chi connectivity index (χ4v) is 3.20. The average molecular weight is 336 g/mol. The van der Waals surface area contributed by atoms with E-state index in [1.165, 1.54) is 83.5 Å². The Morgan fingerprint density at radius 1 is 0.833 bits per heavy atom. The first-order valence-corrected chi connectivity index (χ1v) is 10.5. The van der Waals surface area contributed by atoms with Crippen LogP contribution in [0.3, 0.4) is 0 Å². The smallest absolute Gasteiger partial charge is 0.183 e. The summed E-state index contributed by atoms with van der Waals surface area (Å²) >= 11 is 0. The average Bonchev–Trinajstić information content (AvgIpc) is 2.90. The minimum Gasteiger partial charge on any atom is -0.478 e. The Labute approximate surface area is 151 Å². The molecule has 1 heterocycles. The highest BCUT2D eigenvalue weighted by Gasteiger charge is 2.25. The third-order valence-electron chi connectivity index (χ3n) is 4.68. The summed E-state index contributed by atoms with van der Waals surface area (Å²) in [6.45, 7) is 7.25. The van der Waals surface area contributed by atoms with Crippen LogP contribution < -0.4 is 0 Å². The molecule has 2 heteroatoms. The van der Waals surface area contributed by atoms with Crippen molar-refractivity contribution in [2.45, 2.75) is 116 Å². The van der Waals surface area contributed by atoms with Gasteiger partial charge in [-0.25, -0.2) is 4.99 Å². The molecule has 140 valence electrons. The summed E-state index contributed by atoms with van der Waals surface area (Å²) in [4.78, 5) is 4.61. The van der Waals surface area contributed by atoms with Gasteiger partial charge in [0.15, 0.2) is 5.90 Å². The third-order valence-corrected chi connectivity index (χ3v) is 4.68. The quantitative estimate of drug-likeness (QED) is 0.228. The highest BCUT2D eigenvalue weighted by Crippen LogP contribution is 2.20. The van der Waals surface area contributed by atoms with Crippen molar-refractivity contribution in [1.29, 1.82) is 0 Å². The van der Waals surface area contributed by atoms with Crippen molar-refractivity contribution in [3.05, 3.63) is 12.2 Å². The predicted molar refractivity (Wildman–Crippen MR) is 107 cm³/mol. The first kappa shape index (κ1) is 21.3. The van der Waals surface area contributed by atoms with Gasteiger partial charge in [-0.05, 0) is 39.5 Å². The minimum atomic E-state index is 0.0154. The van der Waals surface area contributed by atoms with Crippen LogP contribution in [0.4, 0.5) is 0 Å². The Morgan fingerprint density at radius 2 is 1.38 bits per heavy atom. The SMILES string of the molecule is CC/C=C\CCCCCCCCCCCCCC1=NC(C)(C)CO1. The number of hydrogen-bond acceptors (Lipinski definition) is 2. The van der Waals surface area contributed by atoms with E-state index in [4.69, 9.17) is 4.74 Å². The molecule has 0 unspecified atom stereocenters. The summed E-state index contributed by atoms with van der Waals surface area (Å²) < 4.78 is 5.63. The van der Waals surface area contributed by atoms with Crippen LogP contribution in [0.1, 0.15) is 111 Å². The molecule has 0 aliphatic carbocycles. The van der Waals surface area contributed by atoms with Crippen LogP contribution in [0.15, 0.2) is 17.1 Å². The van der Waals surface area contributed by atoms with Crippen LogP contribution in [0.2, 0.25) is 0 Å². The second-order valence-corrected chi connectivity index (χ2v) is 7.91. The number of allylic oxidation sites excluding steroid dienone is 2. The maximum atomic E-state index is 5.63. The van der Waals surface area contributed by atoms with Gasteiger partial charge in [0.05, 0.1) is 5.54 Å². The Hall–Kier alpha value is -0.790. The summed E-state index contributed by atoms with van der Waals surface area (Å²) in [6.07, 6.45) is 23.4. The summed E-state index contributed by atoms with van der Waals surface area (Å²) in [6, 6.07) is 0. The maximum Gasteiger partial charge on any atom is 0.183 e. The van der Waals surface area contributed by atoms with Gasteiger partial charge >= 0.3 is 0 Å². The highest BCUT2D eigenvalue weighted by molar-refractivity contribution is 5.78. The van der Waals surface area contributed by atoms with Gasteiger partial charge in [-0.1, -0.05) is 76.9 Å². The molecule has 0 amide bonds. The van der Waals surface area contributed by atoms with Gasteiger partial charge in [-0.2, -0.15) is 0 Å². The van der Waals surface area contributed by atoms with Crippen molar-refractivity contribution in [2.24, 2.45) is 4.99 Å². The lowest BCUT2D eigenvalue weighted by molar-refractivity contribution is 0.273. The maximum absolute atomic E-state index is 5.63. The van der Waals surface area contributed by atoms with Crippen LogP contribution in [0.25, 0.3) is 0 Å². The van der Waals surface area contributed by atoms with Crippen molar-refractivity contribution >= 4 is 5.90 Å². The fourth-order valence-electron chi connectivity index (χ4n) is 3.20. The van der Waals surface area contributed by atoms with Gasteiger partial charge in [0.2, 0.25) is 0 Å². The van der Waals surface area contributed by atoms with Crippen molar-refractivity contribution in [3.8, 4) is 0 Å². The molecule has 1 aliphatic heterocycles. The summed E-state index contributed by atoms with van der Waals surface area (Å²) in [5.74, 6) is 0.991. The van der Waals surface area contributed by atoms with Crippen molar-refractivity contribution in [1.82, 2.24) is 0 Å². The van der Waals surface area contributed by atoms with Gasteiger partial charge < -0.3 is 4.74 Å². The summed E-state index contributed by atoms with van der Waals surface area (Å²) in [7, 11) is 0. The molecule has 0 atom stereocenters. The van der Waals surface area contributed by atoms with E-state index in [1.807, 2.05) is 0 Å². The second kappa shape index (κ2) is 13.5. The zero-order valence-corrected chi connectivity index (χ0v) is 16.6. The summed E-state index contributed by atoms with van der Waals surface area (Å²) in [5, 5.41) is 0. The number of aliphatic imine (C=N–C) groups is 1. The molecule has 1 aliphatic rings. The van der Waals surface area contributed by atoms with E-state index in [2.05, 4.69) is 37.9 Å². The Kier molecular flexibility index (Phi) is 12.0. The second-order valence-electron chi connectivity index (χ2n) is 7.91. The molecule has 0 aromatic rings. The number of nitrogens with zero attached hydrogens (tertiary/aromatic N) is 1. The first-order chi connectivity index (χ1) is 11.6. The lowest BCUT2D eigenvalue weighted by Crippen LogP contribution is -2.17. The normalized spacial score (nSPS) is 16.5. The Bertz CT molecular complexity index is 357. The topological polar surface area (TPSA) is 21.6 Å². The van der Waals surface area contributed by atoms with Gasteiger partial charge in [-0.15, -0.1) is 0 Å². The molecule has 1 rings (SSSR count). The molecule has 24 heavy (non-hydrogen) atoms. The van der Waals surface area contributed by atoms with Crippen LogP contribution in [-0.2, 0) is 4.74 Å². The first-order valence-electron chi connectivity index (χ1n) is 10.5. The van der Waals surface area contributed by atoms with E-state index in [0.29, 0.717) is 0 Å². The monoisotopic (exact) mass is 335 g/mol. The molecule has 0 saturated carbocycles. The number of unbranched alkanes of at least 4 members (excludes halogenated alkanes) is 11. The molecule has 0 N–H and O–H groups in total. The van der Waals surface area contributed by atoms with Crippen LogP contribution >= 0.6 is 0 Å². The van der Waals surface area contributed by atoms with Crippen LogP contribution in [0, 0.1) is 0 Å². The molecule has 0 spiro atoms. The van der Waals surface area contributed by atoms with Gasteiger partial charge in [0, 0.05) is 6.42 Å². The Balaban J connectivity index is 1.76. The van der Waals surface area contributed by atoms with Gasteiger partial charge in [-0.3, -0.25) is 0 Å². The zero-order valence-electron chi connectivity index (χ0n) is 16.6. The molecule has 0 saturated heterocycles. The molecule has 0 radical (unpaired) electrons. The van der Waals surface area contributed by atoms with Crippen LogP contribution in [-0.4, -0.2) is 18.0 Å². The van der Waals surface area contributed by atoms with Crippen molar-refractivity contribution in [3.63, 3.8) is 0 Å². The van der Waals surface area contributed by atoms with E-state index in [9.17, 15) is 0 Å². The van der Waals surface area contributed by atoms with Crippen molar-refractivity contribution in [2.75, 3.05) is 6.61 Å². The van der Waals surface area contributed by atoms with Gasteiger partial charge in [0.25, 0.3) is 0 Å². The van der Waals surface area contributed by atoms with E-state index in [1.54, 1.807) is 0 Å². The largest absolute Gasteiger partial charge is 0.478 e. The highest BCUT2D eigenvalue weighted by atomic mass is 16.5. The third kappa shape index (κ3) is 11.7. The molecule has 0 bridgehead atoms. The minimum absolute atomic E-state index is 0.0154. The fraction of sp³-hybridized carbons (Fsp3) is 0.864. The number of hydrogen-bond donors (Lipinski definition) is 0. The standard InChI is InChI=1S/C22H41NO/c1-4-5-6-7-8-9-10-11-12-13-14-15-16-17-18-19-21-23-22(2,3)20-24-21/h5-6H,4,7-20H2,1-3H3/b6-5-. The molecular weight excluding hydrogens is 294 g/mol. The lowest BCUT2D eigenvalue weighted by Gasteiger charge is -2.07. The molecule has 2 nitrogen and oxygen atoms in total.